The fraction of sp³-hybridized carbons (Fsp3) is 0.182. The number of fused-ring (bicyclic) bond motifs is 8. The van der Waals surface area contributed by atoms with E-state index >= 15 is 0 Å². The summed E-state index contributed by atoms with van der Waals surface area (Å²) in [4.78, 5) is 9.28. The third-order valence-electron chi connectivity index (χ3n) is 5.02. The largest absolute Gasteiger partial charge is 0.292 e. The predicted octanol–water partition coefficient (Wildman–Crippen LogP) is 5.49. The first-order valence-electron chi connectivity index (χ1n) is 8.61. The van der Waals surface area contributed by atoms with Crippen LogP contribution in [0.4, 0.5) is 0 Å². The molecule has 0 radical (unpaired) electrons. The van der Waals surface area contributed by atoms with Crippen molar-refractivity contribution < 1.29 is 0 Å². The lowest BCUT2D eigenvalue weighted by atomic mass is 9.86. The summed E-state index contributed by atoms with van der Waals surface area (Å²) in [6.07, 6.45) is 3.80. The van der Waals surface area contributed by atoms with E-state index in [1.165, 1.54) is 16.5 Å². The zero-order valence-corrected chi connectivity index (χ0v) is 14.6. The summed E-state index contributed by atoms with van der Waals surface area (Å²) in [6, 6.07) is 17.2. The van der Waals surface area contributed by atoms with Crippen LogP contribution in [-0.2, 0) is 5.41 Å². The molecular formula is C22H19N3. The van der Waals surface area contributed by atoms with Gasteiger partial charge in [-0.25, -0.2) is 4.98 Å². The molecule has 5 aromatic rings. The Morgan fingerprint density at radius 3 is 2.52 bits per heavy atom. The SMILES string of the molecule is CC(C)(C)c1ccc2c3cnccc3c3nc4ccccc4n3c2c1. The van der Waals surface area contributed by atoms with Crippen molar-refractivity contribution in [2.45, 2.75) is 26.2 Å². The van der Waals surface area contributed by atoms with Crippen molar-refractivity contribution >= 4 is 38.4 Å². The lowest BCUT2D eigenvalue weighted by Gasteiger charge is -2.20. The molecule has 0 aliphatic carbocycles. The minimum absolute atomic E-state index is 0.0980. The summed E-state index contributed by atoms with van der Waals surface area (Å²) < 4.78 is 2.29. The Kier molecular flexibility index (Phi) is 2.76. The van der Waals surface area contributed by atoms with Crippen LogP contribution in [0.15, 0.2) is 60.9 Å². The smallest absolute Gasteiger partial charge is 0.146 e. The normalized spacial score (nSPS) is 12.6. The molecule has 0 atom stereocenters. The predicted molar refractivity (Wildman–Crippen MR) is 104 cm³/mol. The van der Waals surface area contributed by atoms with Gasteiger partial charge >= 0.3 is 0 Å². The fourth-order valence-corrected chi connectivity index (χ4v) is 3.67. The van der Waals surface area contributed by atoms with Crippen molar-refractivity contribution in [3.05, 3.63) is 66.5 Å². The number of hydrogen-bond acceptors (Lipinski definition) is 2. The molecular weight excluding hydrogens is 306 g/mol. The van der Waals surface area contributed by atoms with Gasteiger partial charge in [-0.15, -0.1) is 0 Å². The van der Waals surface area contributed by atoms with Crippen LogP contribution in [0.25, 0.3) is 38.4 Å². The number of benzene rings is 2. The second kappa shape index (κ2) is 4.79. The Morgan fingerprint density at radius 2 is 1.68 bits per heavy atom. The van der Waals surface area contributed by atoms with Crippen LogP contribution in [0.2, 0.25) is 0 Å². The molecule has 2 aromatic carbocycles. The van der Waals surface area contributed by atoms with Crippen LogP contribution in [0.5, 0.6) is 0 Å². The van der Waals surface area contributed by atoms with E-state index in [0.717, 1.165) is 27.5 Å². The van der Waals surface area contributed by atoms with E-state index in [2.05, 4.69) is 72.6 Å². The molecule has 0 bridgehead atoms. The van der Waals surface area contributed by atoms with Gasteiger partial charge in [-0.3, -0.25) is 9.38 Å². The van der Waals surface area contributed by atoms with Gasteiger partial charge in [0.05, 0.1) is 16.6 Å². The Morgan fingerprint density at radius 1 is 0.840 bits per heavy atom. The molecule has 0 N–H and O–H groups in total. The average molecular weight is 325 g/mol. The molecule has 0 amide bonds. The molecule has 25 heavy (non-hydrogen) atoms. The van der Waals surface area contributed by atoms with Gasteiger partial charge in [0.25, 0.3) is 0 Å². The van der Waals surface area contributed by atoms with Gasteiger partial charge in [-0.05, 0) is 35.2 Å². The number of rotatable bonds is 0. The Hall–Kier alpha value is -2.94. The first-order valence-corrected chi connectivity index (χ1v) is 8.61. The number of para-hydroxylation sites is 2. The van der Waals surface area contributed by atoms with Gasteiger partial charge < -0.3 is 0 Å². The van der Waals surface area contributed by atoms with E-state index < -0.39 is 0 Å². The van der Waals surface area contributed by atoms with Crippen LogP contribution in [0.1, 0.15) is 26.3 Å². The number of aromatic nitrogens is 3. The Bertz CT molecular complexity index is 1270. The third-order valence-corrected chi connectivity index (χ3v) is 5.02. The van der Waals surface area contributed by atoms with E-state index in [4.69, 9.17) is 4.98 Å². The van der Waals surface area contributed by atoms with Crippen molar-refractivity contribution in [1.29, 1.82) is 0 Å². The lowest BCUT2D eigenvalue weighted by Crippen LogP contribution is -2.11. The average Bonchev–Trinajstić information content (AvgIpc) is 3.01. The summed E-state index contributed by atoms with van der Waals surface area (Å²) in [6.45, 7) is 6.75. The van der Waals surface area contributed by atoms with Crippen LogP contribution < -0.4 is 0 Å². The minimum Gasteiger partial charge on any atom is -0.292 e. The highest BCUT2D eigenvalue weighted by Crippen LogP contribution is 2.34. The molecule has 0 spiro atoms. The Balaban J connectivity index is 2.11. The number of hydrogen-bond donors (Lipinski definition) is 0. The van der Waals surface area contributed by atoms with Crippen LogP contribution >= 0.6 is 0 Å². The summed E-state index contributed by atoms with van der Waals surface area (Å²) in [5.41, 5.74) is 5.78. The molecule has 0 aliphatic heterocycles. The van der Waals surface area contributed by atoms with E-state index in [0.29, 0.717) is 0 Å². The summed E-state index contributed by atoms with van der Waals surface area (Å²) in [7, 11) is 0. The van der Waals surface area contributed by atoms with Crippen LogP contribution in [-0.4, -0.2) is 14.4 Å². The highest BCUT2D eigenvalue weighted by molar-refractivity contribution is 6.13. The molecule has 0 unspecified atom stereocenters. The van der Waals surface area contributed by atoms with Crippen molar-refractivity contribution in [1.82, 2.24) is 14.4 Å². The first kappa shape index (κ1) is 14.4. The van der Waals surface area contributed by atoms with Crippen molar-refractivity contribution in [2.24, 2.45) is 0 Å². The van der Waals surface area contributed by atoms with Crippen LogP contribution in [0, 0.1) is 0 Å². The molecule has 0 fully saturated rings. The second-order valence-electron chi connectivity index (χ2n) is 7.66. The summed E-state index contributed by atoms with van der Waals surface area (Å²) in [5.74, 6) is 0. The Labute approximate surface area is 145 Å². The lowest BCUT2D eigenvalue weighted by molar-refractivity contribution is 0.591. The maximum Gasteiger partial charge on any atom is 0.146 e. The zero-order chi connectivity index (χ0) is 17.2. The standard InChI is InChI=1S/C22H19N3/c1-22(2,3)14-8-9-15-17-13-23-11-10-16(17)21-24-18-6-4-5-7-19(18)25(21)20(15)12-14/h4-13H,1-3H3. The van der Waals surface area contributed by atoms with Gasteiger partial charge in [0, 0.05) is 28.6 Å². The highest BCUT2D eigenvalue weighted by Gasteiger charge is 2.18. The van der Waals surface area contributed by atoms with Gasteiger partial charge in [0.2, 0.25) is 0 Å². The molecule has 3 aromatic heterocycles. The monoisotopic (exact) mass is 325 g/mol. The van der Waals surface area contributed by atoms with Crippen molar-refractivity contribution in [2.75, 3.05) is 0 Å². The van der Waals surface area contributed by atoms with Gasteiger partial charge in [0.1, 0.15) is 5.65 Å². The maximum atomic E-state index is 4.92. The topological polar surface area (TPSA) is 30.2 Å². The van der Waals surface area contributed by atoms with Gasteiger partial charge in [-0.1, -0.05) is 45.0 Å². The molecule has 5 rings (SSSR count). The fourth-order valence-electron chi connectivity index (χ4n) is 3.67. The van der Waals surface area contributed by atoms with Crippen molar-refractivity contribution in [3.8, 4) is 0 Å². The van der Waals surface area contributed by atoms with Crippen molar-refractivity contribution in [3.63, 3.8) is 0 Å². The molecule has 3 nitrogen and oxygen atoms in total. The van der Waals surface area contributed by atoms with Gasteiger partial charge in [-0.2, -0.15) is 0 Å². The minimum atomic E-state index is 0.0980. The molecule has 3 heteroatoms. The number of imidazole rings is 1. The molecule has 0 saturated carbocycles. The molecule has 0 saturated heterocycles. The van der Waals surface area contributed by atoms with E-state index in [-0.39, 0.29) is 5.41 Å². The van der Waals surface area contributed by atoms with E-state index in [1.54, 1.807) is 0 Å². The zero-order valence-electron chi connectivity index (χ0n) is 14.6. The number of nitrogens with zero attached hydrogens (tertiary/aromatic N) is 3. The third kappa shape index (κ3) is 1.99. The molecule has 0 aliphatic rings. The number of pyridine rings is 2. The quantitative estimate of drug-likeness (QED) is 0.353. The summed E-state index contributed by atoms with van der Waals surface area (Å²) in [5, 5.41) is 3.51. The highest BCUT2D eigenvalue weighted by atomic mass is 15.0. The maximum absolute atomic E-state index is 4.92. The van der Waals surface area contributed by atoms with Crippen LogP contribution in [0.3, 0.4) is 0 Å². The molecule has 3 heterocycles. The van der Waals surface area contributed by atoms with Gasteiger partial charge in [0.15, 0.2) is 0 Å². The second-order valence-corrected chi connectivity index (χ2v) is 7.66. The molecule has 122 valence electrons. The summed E-state index contributed by atoms with van der Waals surface area (Å²) >= 11 is 0. The first-order chi connectivity index (χ1) is 12.0. The van der Waals surface area contributed by atoms with E-state index in [1.807, 2.05) is 18.5 Å². The van der Waals surface area contributed by atoms with E-state index in [9.17, 15) is 0 Å².